The molecule has 194 valence electrons. The van der Waals surface area contributed by atoms with Gasteiger partial charge in [0.05, 0.1) is 6.26 Å². The van der Waals surface area contributed by atoms with Crippen molar-refractivity contribution in [3.63, 3.8) is 0 Å². The van der Waals surface area contributed by atoms with Crippen LogP contribution in [0.4, 0.5) is 23.1 Å². The van der Waals surface area contributed by atoms with Gasteiger partial charge in [-0.05, 0) is 54.8 Å². The second kappa shape index (κ2) is 10.9. The first-order valence-corrected chi connectivity index (χ1v) is 14.2. The van der Waals surface area contributed by atoms with Crippen LogP contribution in [0, 0.1) is 0 Å². The van der Waals surface area contributed by atoms with E-state index in [1.54, 1.807) is 6.20 Å². The van der Waals surface area contributed by atoms with E-state index in [9.17, 15) is 8.42 Å². The van der Waals surface area contributed by atoms with Gasteiger partial charge in [0.25, 0.3) is 0 Å². The molecule has 1 saturated heterocycles. The zero-order valence-electron chi connectivity index (χ0n) is 21.1. The lowest BCUT2D eigenvalue weighted by molar-refractivity contribution is 0.159. The lowest BCUT2D eigenvalue weighted by Gasteiger charge is -2.33. The fourth-order valence-corrected chi connectivity index (χ4v) is 5.42. The number of piperazine rings is 1. The number of rotatable bonds is 9. The Morgan fingerprint density at radius 1 is 1.00 bits per heavy atom. The Balaban J connectivity index is 1.14. The van der Waals surface area contributed by atoms with E-state index in [4.69, 9.17) is 4.74 Å². The molecule has 9 nitrogen and oxygen atoms in total. The maximum atomic E-state index is 11.7. The Bertz CT molecular complexity index is 1400. The van der Waals surface area contributed by atoms with Crippen LogP contribution >= 0.6 is 0 Å². The summed E-state index contributed by atoms with van der Waals surface area (Å²) in [7, 11) is -3.11. The van der Waals surface area contributed by atoms with Gasteiger partial charge < -0.3 is 15.4 Å². The van der Waals surface area contributed by atoms with Crippen LogP contribution in [0.15, 0.2) is 60.3 Å². The van der Waals surface area contributed by atoms with E-state index < -0.39 is 10.0 Å². The molecule has 0 unspecified atom stereocenters. The number of anilines is 4. The Labute approximate surface area is 218 Å². The second-order valence-corrected chi connectivity index (χ2v) is 11.5. The zero-order chi connectivity index (χ0) is 25.8. The molecule has 37 heavy (non-hydrogen) atoms. The highest BCUT2D eigenvalue weighted by molar-refractivity contribution is 7.88. The summed E-state index contributed by atoms with van der Waals surface area (Å²) < 4.78 is 30.8. The first kappa shape index (κ1) is 25.2. The molecule has 2 aliphatic rings. The van der Waals surface area contributed by atoms with E-state index in [2.05, 4.69) is 56.7 Å². The van der Waals surface area contributed by atoms with Gasteiger partial charge in [0.2, 0.25) is 16.0 Å². The standard InChI is InChI=1S/C27H32N6O3S/c1-20-16-21-6-7-24(18-22(21)17-20)29-26-8-9-28-27(31-26)30-23-4-3-5-25(19-23)36-15-14-32-10-12-33(13-11-32)37(2,34)35/h3-9,17-19H,10-16H2,1-2H3,(H2,28,29,30,31). The Kier molecular flexibility index (Phi) is 7.40. The first-order valence-electron chi connectivity index (χ1n) is 12.4. The molecule has 1 aromatic heterocycles. The number of hydrogen-bond acceptors (Lipinski definition) is 8. The van der Waals surface area contributed by atoms with Gasteiger partial charge in [-0.15, -0.1) is 0 Å². The van der Waals surface area contributed by atoms with Crippen LogP contribution in [-0.4, -0.2) is 73.2 Å². The van der Waals surface area contributed by atoms with Gasteiger partial charge in [-0.1, -0.05) is 23.8 Å². The maximum absolute atomic E-state index is 11.7. The molecule has 0 radical (unpaired) electrons. The monoisotopic (exact) mass is 520 g/mol. The summed E-state index contributed by atoms with van der Waals surface area (Å²) in [5.74, 6) is 1.94. The molecule has 2 N–H and O–H groups in total. The molecule has 0 amide bonds. The summed E-state index contributed by atoms with van der Waals surface area (Å²) in [6.07, 6.45) is 6.22. The van der Waals surface area contributed by atoms with Gasteiger partial charge in [0.15, 0.2) is 0 Å². The first-order chi connectivity index (χ1) is 17.8. The minimum absolute atomic E-state index is 0.489. The molecule has 1 aliphatic carbocycles. The minimum Gasteiger partial charge on any atom is -0.492 e. The maximum Gasteiger partial charge on any atom is 0.229 e. The van der Waals surface area contributed by atoms with Crippen LogP contribution in [-0.2, 0) is 16.4 Å². The fourth-order valence-electron chi connectivity index (χ4n) is 4.59. The molecule has 1 fully saturated rings. The summed E-state index contributed by atoms with van der Waals surface area (Å²) in [4.78, 5) is 11.2. The van der Waals surface area contributed by atoms with E-state index in [1.165, 1.54) is 27.3 Å². The predicted molar refractivity (Wildman–Crippen MR) is 147 cm³/mol. The van der Waals surface area contributed by atoms with Gasteiger partial charge in [-0.2, -0.15) is 9.29 Å². The molecular weight excluding hydrogens is 488 g/mol. The van der Waals surface area contributed by atoms with Crippen molar-refractivity contribution in [2.45, 2.75) is 13.3 Å². The minimum atomic E-state index is -3.11. The van der Waals surface area contributed by atoms with Crippen molar-refractivity contribution in [2.24, 2.45) is 0 Å². The van der Waals surface area contributed by atoms with Gasteiger partial charge >= 0.3 is 0 Å². The van der Waals surface area contributed by atoms with Crippen molar-refractivity contribution in [3.8, 4) is 5.75 Å². The number of benzene rings is 2. The molecule has 0 saturated carbocycles. The third-order valence-corrected chi connectivity index (χ3v) is 7.81. The molecule has 1 aliphatic heterocycles. The summed E-state index contributed by atoms with van der Waals surface area (Å²) in [5.41, 5.74) is 5.80. The molecule has 3 aromatic rings. The van der Waals surface area contributed by atoms with Crippen molar-refractivity contribution in [1.82, 2.24) is 19.2 Å². The number of ether oxygens (including phenoxy) is 1. The van der Waals surface area contributed by atoms with Crippen LogP contribution in [0.2, 0.25) is 0 Å². The zero-order valence-corrected chi connectivity index (χ0v) is 22.0. The summed E-state index contributed by atoms with van der Waals surface area (Å²) in [5, 5.41) is 6.62. The SMILES string of the molecule is CC1=Cc2cc(Nc3ccnc(Nc4cccc(OCCN5CCN(S(C)(=O)=O)CC5)c4)n3)ccc2C1. The van der Waals surface area contributed by atoms with Crippen LogP contribution in [0.25, 0.3) is 6.08 Å². The van der Waals surface area contributed by atoms with Crippen LogP contribution in [0.5, 0.6) is 5.75 Å². The van der Waals surface area contributed by atoms with Gasteiger partial charge in [0, 0.05) is 56.4 Å². The van der Waals surface area contributed by atoms with Crippen molar-refractivity contribution in [1.29, 1.82) is 0 Å². The molecule has 0 bridgehead atoms. The number of fused-ring (bicyclic) bond motifs is 1. The number of aromatic nitrogens is 2. The third-order valence-electron chi connectivity index (χ3n) is 6.51. The topological polar surface area (TPSA) is 99.7 Å². The van der Waals surface area contributed by atoms with Gasteiger partial charge in [-0.3, -0.25) is 4.90 Å². The third kappa shape index (κ3) is 6.65. The van der Waals surface area contributed by atoms with Crippen LogP contribution < -0.4 is 15.4 Å². The van der Waals surface area contributed by atoms with E-state index >= 15 is 0 Å². The number of nitrogens with zero attached hydrogens (tertiary/aromatic N) is 4. The molecule has 5 rings (SSSR count). The van der Waals surface area contributed by atoms with E-state index in [-0.39, 0.29) is 0 Å². The Morgan fingerprint density at radius 3 is 2.62 bits per heavy atom. The summed E-state index contributed by atoms with van der Waals surface area (Å²) in [6.45, 7) is 5.88. The number of sulfonamides is 1. The largest absolute Gasteiger partial charge is 0.492 e. The van der Waals surface area contributed by atoms with Crippen molar-refractivity contribution >= 4 is 39.2 Å². The summed E-state index contributed by atoms with van der Waals surface area (Å²) in [6, 6.07) is 15.9. The van der Waals surface area contributed by atoms with Crippen molar-refractivity contribution in [3.05, 3.63) is 71.4 Å². The smallest absolute Gasteiger partial charge is 0.229 e. The predicted octanol–water partition coefficient (Wildman–Crippen LogP) is 3.88. The highest BCUT2D eigenvalue weighted by Gasteiger charge is 2.23. The lowest BCUT2D eigenvalue weighted by atomic mass is 10.1. The quantitative estimate of drug-likeness (QED) is 0.439. The van der Waals surface area contributed by atoms with E-state index in [0.717, 1.165) is 30.1 Å². The highest BCUT2D eigenvalue weighted by Crippen LogP contribution is 2.28. The molecule has 0 spiro atoms. The number of allylic oxidation sites excluding steroid dienone is 1. The normalized spacial score (nSPS) is 16.2. The van der Waals surface area contributed by atoms with Gasteiger partial charge in [0.1, 0.15) is 18.2 Å². The average molecular weight is 521 g/mol. The highest BCUT2D eigenvalue weighted by atomic mass is 32.2. The molecule has 2 aromatic carbocycles. The van der Waals surface area contributed by atoms with Crippen molar-refractivity contribution in [2.75, 3.05) is 56.2 Å². The molecule has 2 heterocycles. The molecule has 0 atom stereocenters. The summed E-state index contributed by atoms with van der Waals surface area (Å²) >= 11 is 0. The Hall–Kier alpha value is -3.47. The van der Waals surface area contributed by atoms with Crippen molar-refractivity contribution < 1.29 is 13.2 Å². The van der Waals surface area contributed by atoms with Crippen LogP contribution in [0.3, 0.4) is 0 Å². The van der Waals surface area contributed by atoms with E-state index in [1.807, 2.05) is 30.3 Å². The van der Waals surface area contributed by atoms with Gasteiger partial charge in [-0.25, -0.2) is 13.4 Å². The van der Waals surface area contributed by atoms with Crippen LogP contribution in [0.1, 0.15) is 18.1 Å². The molecular formula is C27H32N6O3S. The fraction of sp³-hybridized carbons (Fsp3) is 0.333. The molecule has 10 heteroatoms. The Morgan fingerprint density at radius 2 is 1.81 bits per heavy atom. The number of nitrogens with one attached hydrogen (secondary N) is 2. The average Bonchev–Trinajstić information content (AvgIpc) is 3.24. The number of hydrogen-bond donors (Lipinski definition) is 2. The van der Waals surface area contributed by atoms with E-state index in [0.29, 0.717) is 44.6 Å². The second-order valence-electron chi connectivity index (χ2n) is 9.48. The lowest BCUT2D eigenvalue weighted by Crippen LogP contribution is -2.49.